The van der Waals surface area contributed by atoms with Crippen molar-refractivity contribution < 1.29 is 0 Å². The van der Waals surface area contributed by atoms with Crippen LogP contribution in [0.4, 0.5) is 0 Å². The lowest BCUT2D eigenvalue weighted by Gasteiger charge is -2.04. The summed E-state index contributed by atoms with van der Waals surface area (Å²) in [6.45, 7) is 6.94. The van der Waals surface area contributed by atoms with Crippen molar-refractivity contribution in [2.75, 3.05) is 13.1 Å². The minimum atomic E-state index is 1.21. The van der Waals surface area contributed by atoms with Crippen LogP contribution in [0.15, 0.2) is 12.2 Å². The van der Waals surface area contributed by atoms with E-state index in [-0.39, 0.29) is 0 Å². The van der Waals surface area contributed by atoms with E-state index in [1.54, 1.807) is 0 Å². The van der Waals surface area contributed by atoms with Crippen LogP contribution in [0.3, 0.4) is 0 Å². The van der Waals surface area contributed by atoms with Crippen molar-refractivity contribution in [3.63, 3.8) is 0 Å². The molecular weight excluding hydrogens is 230 g/mol. The van der Waals surface area contributed by atoms with Gasteiger partial charge in [0, 0.05) is 0 Å². The average molecular weight is 268 g/mol. The first kappa shape index (κ1) is 18.7. The molecule has 0 spiro atoms. The van der Waals surface area contributed by atoms with Crippen molar-refractivity contribution in [1.82, 2.24) is 5.32 Å². The zero-order chi connectivity index (χ0) is 14.0. The molecule has 0 unspecified atom stereocenters. The van der Waals surface area contributed by atoms with Crippen molar-refractivity contribution in [3.05, 3.63) is 12.2 Å². The van der Waals surface area contributed by atoms with Gasteiger partial charge in [-0.25, -0.2) is 0 Å². The fraction of sp³-hybridized carbons (Fsp3) is 0.889. The van der Waals surface area contributed by atoms with Gasteiger partial charge in [0.05, 0.1) is 0 Å². The minimum absolute atomic E-state index is 1.21. The largest absolute Gasteiger partial charge is 0.317 e. The smallest absolute Gasteiger partial charge is 0.00488 e. The van der Waals surface area contributed by atoms with E-state index in [1.807, 2.05) is 0 Å². The number of unbranched alkanes of at least 4 members (excludes halogenated alkanes) is 9. The van der Waals surface area contributed by atoms with E-state index in [9.17, 15) is 0 Å². The van der Waals surface area contributed by atoms with Crippen LogP contribution in [0.5, 0.6) is 0 Å². The predicted octanol–water partition coefficient (Wildman–Crippen LogP) is 5.85. The van der Waals surface area contributed by atoms with E-state index in [0.717, 1.165) is 0 Å². The van der Waals surface area contributed by atoms with Gasteiger partial charge in [-0.05, 0) is 45.2 Å². The second-order valence-electron chi connectivity index (χ2n) is 5.63. The van der Waals surface area contributed by atoms with E-state index >= 15 is 0 Å². The molecule has 0 aliphatic heterocycles. The standard InChI is InChI=1S/C18H37N/c1-3-5-7-9-11-13-15-17-19-18-16-14-12-10-8-6-4-2/h7,9,19H,3-6,8,10-18H2,1-2H3/b9-7+. The molecule has 0 radical (unpaired) electrons. The number of rotatable bonds is 15. The minimum Gasteiger partial charge on any atom is -0.317 e. The SMILES string of the molecule is CCC/C=C/CCCCNCCCCCCCCC. The van der Waals surface area contributed by atoms with Gasteiger partial charge in [-0.3, -0.25) is 0 Å². The Balaban J connectivity index is 2.95. The van der Waals surface area contributed by atoms with E-state index < -0.39 is 0 Å². The van der Waals surface area contributed by atoms with Crippen molar-refractivity contribution in [2.45, 2.75) is 90.9 Å². The summed E-state index contributed by atoms with van der Waals surface area (Å²) in [5.74, 6) is 0. The molecule has 0 saturated heterocycles. The molecule has 0 fully saturated rings. The van der Waals surface area contributed by atoms with Gasteiger partial charge in [-0.1, -0.05) is 70.9 Å². The summed E-state index contributed by atoms with van der Waals surface area (Å²) in [7, 11) is 0. The maximum atomic E-state index is 3.57. The van der Waals surface area contributed by atoms with Crippen molar-refractivity contribution in [2.24, 2.45) is 0 Å². The number of nitrogens with one attached hydrogen (secondary N) is 1. The first-order valence-corrected chi connectivity index (χ1v) is 8.77. The average Bonchev–Trinajstić information content (AvgIpc) is 2.43. The van der Waals surface area contributed by atoms with Gasteiger partial charge >= 0.3 is 0 Å². The summed E-state index contributed by atoms with van der Waals surface area (Å²) >= 11 is 0. The Morgan fingerprint density at radius 1 is 0.579 bits per heavy atom. The number of hydrogen-bond acceptors (Lipinski definition) is 1. The molecule has 1 nitrogen and oxygen atoms in total. The highest BCUT2D eigenvalue weighted by Crippen LogP contribution is 2.06. The third-order valence-corrected chi connectivity index (χ3v) is 3.55. The Kier molecular flexibility index (Phi) is 17.4. The lowest BCUT2D eigenvalue weighted by atomic mass is 10.1. The number of allylic oxidation sites excluding steroid dienone is 2. The van der Waals surface area contributed by atoms with Gasteiger partial charge in [-0.2, -0.15) is 0 Å². The Labute approximate surface area is 122 Å². The van der Waals surface area contributed by atoms with E-state index in [0.29, 0.717) is 0 Å². The lowest BCUT2D eigenvalue weighted by Crippen LogP contribution is -2.16. The van der Waals surface area contributed by atoms with Gasteiger partial charge in [0.25, 0.3) is 0 Å². The van der Waals surface area contributed by atoms with Crippen LogP contribution >= 0.6 is 0 Å². The summed E-state index contributed by atoms with van der Waals surface area (Å²) < 4.78 is 0. The molecule has 1 N–H and O–H groups in total. The fourth-order valence-electron chi connectivity index (χ4n) is 2.25. The maximum Gasteiger partial charge on any atom is -0.00488 e. The Morgan fingerprint density at radius 3 is 1.84 bits per heavy atom. The first-order valence-electron chi connectivity index (χ1n) is 8.77. The molecule has 19 heavy (non-hydrogen) atoms. The predicted molar refractivity (Wildman–Crippen MR) is 88.8 cm³/mol. The van der Waals surface area contributed by atoms with Crippen LogP contribution in [0.2, 0.25) is 0 Å². The van der Waals surface area contributed by atoms with Crippen LogP contribution in [0.25, 0.3) is 0 Å². The van der Waals surface area contributed by atoms with Crippen molar-refractivity contribution in [1.29, 1.82) is 0 Å². The first-order chi connectivity index (χ1) is 9.41. The molecule has 0 bridgehead atoms. The highest BCUT2D eigenvalue weighted by atomic mass is 14.8. The highest BCUT2D eigenvalue weighted by molar-refractivity contribution is 4.80. The molecule has 0 rings (SSSR count). The summed E-state index contributed by atoms with van der Waals surface area (Å²) in [6, 6.07) is 0. The molecule has 0 aliphatic rings. The second kappa shape index (κ2) is 17.7. The highest BCUT2D eigenvalue weighted by Gasteiger charge is 1.91. The zero-order valence-corrected chi connectivity index (χ0v) is 13.6. The molecule has 0 aliphatic carbocycles. The van der Waals surface area contributed by atoms with Gasteiger partial charge in [0.2, 0.25) is 0 Å². The molecule has 0 heterocycles. The van der Waals surface area contributed by atoms with Crippen LogP contribution < -0.4 is 5.32 Å². The molecule has 0 aromatic heterocycles. The number of hydrogen-bond donors (Lipinski definition) is 1. The maximum absolute atomic E-state index is 3.57. The molecule has 1 heteroatoms. The molecule has 0 aromatic rings. The van der Waals surface area contributed by atoms with E-state index in [4.69, 9.17) is 0 Å². The quantitative estimate of drug-likeness (QED) is 0.290. The van der Waals surface area contributed by atoms with E-state index in [1.165, 1.54) is 90.1 Å². The summed E-state index contributed by atoms with van der Waals surface area (Å²) in [5.41, 5.74) is 0. The van der Waals surface area contributed by atoms with Crippen molar-refractivity contribution in [3.8, 4) is 0 Å². The van der Waals surface area contributed by atoms with Crippen LogP contribution in [-0.4, -0.2) is 13.1 Å². The van der Waals surface area contributed by atoms with Gasteiger partial charge in [0.1, 0.15) is 0 Å². The van der Waals surface area contributed by atoms with Crippen LogP contribution in [0, 0.1) is 0 Å². The van der Waals surface area contributed by atoms with E-state index in [2.05, 4.69) is 31.3 Å². The van der Waals surface area contributed by atoms with Gasteiger partial charge < -0.3 is 5.32 Å². The summed E-state index contributed by atoms with van der Waals surface area (Å²) in [6.07, 6.45) is 21.0. The fourth-order valence-corrected chi connectivity index (χ4v) is 2.25. The Morgan fingerprint density at radius 2 is 1.16 bits per heavy atom. The van der Waals surface area contributed by atoms with Crippen LogP contribution in [0.1, 0.15) is 90.9 Å². The molecule has 0 amide bonds. The zero-order valence-electron chi connectivity index (χ0n) is 13.6. The molecule has 114 valence electrons. The third-order valence-electron chi connectivity index (χ3n) is 3.55. The third kappa shape index (κ3) is 17.7. The Hall–Kier alpha value is -0.300. The van der Waals surface area contributed by atoms with Gasteiger partial charge in [0.15, 0.2) is 0 Å². The van der Waals surface area contributed by atoms with Crippen molar-refractivity contribution >= 4 is 0 Å². The topological polar surface area (TPSA) is 12.0 Å². The monoisotopic (exact) mass is 267 g/mol. The normalized spacial score (nSPS) is 11.5. The van der Waals surface area contributed by atoms with Crippen LogP contribution in [-0.2, 0) is 0 Å². The summed E-state index contributed by atoms with van der Waals surface area (Å²) in [4.78, 5) is 0. The molecule has 0 aromatic carbocycles. The lowest BCUT2D eigenvalue weighted by molar-refractivity contribution is 0.553. The second-order valence-corrected chi connectivity index (χ2v) is 5.63. The summed E-state index contributed by atoms with van der Waals surface area (Å²) in [5, 5.41) is 3.57. The molecular formula is C18H37N. The Bertz CT molecular complexity index is 175. The molecule has 0 saturated carbocycles. The van der Waals surface area contributed by atoms with Gasteiger partial charge in [-0.15, -0.1) is 0 Å². The molecule has 0 atom stereocenters.